The van der Waals surface area contributed by atoms with Crippen molar-refractivity contribution in [3.63, 3.8) is 0 Å². The Morgan fingerprint density at radius 1 is 1.25 bits per heavy atom. The van der Waals surface area contributed by atoms with Crippen LogP contribution in [0.15, 0.2) is 16.5 Å². The predicted molar refractivity (Wildman–Crippen MR) is 83.6 cm³/mol. The van der Waals surface area contributed by atoms with Gasteiger partial charge in [0.15, 0.2) is 0 Å². The molecule has 2 rings (SSSR count). The highest BCUT2D eigenvalue weighted by molar-refractivity contribution is 5.07. The van der Waals surface area contributed by atoms with Crippen LogP contribution in [0.2, 0.25) is 0 Å². The predicted octanol–water partition coefficient (Wildman–Crippen LogP) is 3.79. The Kier molecular flexibility index (Phi) is 4.92. The van der Waals surface area contributed by atoms with Crippen LogP contribution >= 0.6 is 0 Å². The average molecular weight is 278 g/mol. The summed E-state index contributed by atoms with van der Waals surface area (Å²) in [6.45, 7) is 14.2. The molecule has 2 atom stereocenters. The molecule has 0 bridgehead atoms. The van der Waals surface area contributed by atoms with Gasteiger partial charge in [0.1, 0.15) is 11.5 Å². The Hall–Kier alpha value is -0.800. The monoisotopic (exact) mass is 278 g/mol. The first-order valence-corrected chi connectivity index (χ1v) is 7.92. The smallest absolute Gasteiger partial charge is 0.118 e. The number of hydrogen-bond donors (Lipinski definition) is 1. The second-order valence-corrected chi connectivity index (χ2v) is 7.30. The number of piperidine rings is 1. The zero-order valence-corrected chi connectivity index (χ0v) is 13.7. The molecule has 0 aliphatic carbocycles. The maximum atomic E-state index is 5.96. The normalized spacial score (nSPS) is 25.1. The van der Waals surface area contributed by atoms with Gasteiger partial charge >= 0.3 is 0 Å². The van der Waals surface area contributed by atoms with Crippen LogP contribution < -0.4 is 5.32 Å². The molecule has 0 aromatic carbocycles. The van der Waals surface area contributed by atoms with Crippen LogP contribution in [0, 0.1) is 5.92 Å². The SMILES string of the molecule is CC1CCCN(Cc2ccc(CNC(C)(C)C)o2)C1C. The summed E-state index contributed by atoms with van der Waals surface area (Å²) < 4.78 is 5.96. The molecule has 0 saturated carbocycles. The summed E-state index contributed by atoms with van der Waals surface area (Å²) in [7, 11) is 0. The molecule has 20 heavy (non-hydrogen) atoms. The van der Waals surface area contributed by atoms with Gasteiger partial charge in [-0.15, -0.1) is 0 Å². The van der Waals surface area contributed by atoms with Gasteiger partial charge in [-0.05, 0) is 65.1 Å². The number of nitrogens with zero attached hydrogens (tertiary/aromatic N) is 1. The van der Waals surface area contributed by atoms with Gasteiger partial charge in [0.25, 0.3) is 0 Å². The maximum absolute atomic E-state index is 5.96. The fraction of sp³-hybridized carbons (Fsp3) is 0.765. The molecular weight excluding hydrogens is 248 g/mol. The van der Waals surface area contributed by atoms with Crippen LogP contribution in [0.4, 0.5) is 0 Å². The van der Waals surface area contributed by atoms with E-state index in [9.17, 15) is 0 Å². The molecule has 114 valence electrons. The minimum Gasteiger partial charge on any atom is -0.463 e. The Balaban J connectivity index is 1.89. The summed E-state index contributed by atoms with van der Waals surface area (Å²) in [6.07, 6.45) is 2.67. The van der Waals surface area contributed by atoms with Crippen molar-refractivity contribution in [2.45, 2.75) is 72.1 Å². The van der Waals surface area contributed by atoms with Crippen LogP contribution in [-0.2, 0) is 13.1 Å². The summed E-state index contributed by atoms with van der Waals surface area (Å²) in [5.74, 6) is 2.92. The van der Waals surface area contributed by atoms with Crippen molar-refractivity contribution < 1.29 is 4.42 Å². The van der Waals surface area contributed by atoms with E-state index in [1.165, 1.54) is 19.4 Å². The second kappa shape index (κ2) is 6.31. The van der Waals surface area contributed by atoms with Crippen molar-refractivity contribution in [2.75, 3.05) is 6.54 Å². The molecule has 0 radical (unpaired) electrons. The molecule has 0 spiro atoms. The zero-order chi connectivity index (χ0) is 14.8. The molecule has 1 N–H and O–H groups in total. The van der Waals surface area contributed by atoms with Gasteiger partial charge in [0.05, 0.1) is 13.1 Å². The van der Waals surface area contributed by atoms with Crippen LogP contribution in [0.3, 0.4) is 0 Å². The van der Waals surface area contributed by atoms with Gasteiger partial charge in [-0.2, -0.15) is 0 Å². The lowest BCUT2D eigenvalue weighted by atomic mass is 9.92. The lowest BCUT2D eigenvalue weighted by molar-refractivity contribution is 0.0980. The summed E-state index contributed by atoms with van der Waals surface area (Å²) in [4.78, 5) is 2.55. The molecule has 2 heterocycles. The minimum atomic E-state index is 0.129. The highest BCUT2D eigenvalue weighted by Gasteiger charge is 2.25. The van der Waals surface area contributed by atoms with Crippen molar-refractivity contribution in [1.82, 2.24) is 10.2 Å². The van der Waals surface area contributed by atoms with E-state index in [-0.39, 0.29) is 5.54 Å². The molecule has 0 amide bonds. The van der Waals surface area contributed by atoms with Crippen molar-refractivity contribution in [2.24, 2.45) is 5.92 Å². The van der Waals surface area contributed by atoms with Gasteiger partial charge in [-0.1, -0.05) is 6.92 Å². The van der Waals surface area contributed by atoms with Crippen LogP contribution in [-0.4, -0.2) is 23.0 Å². The van der Waals surface area contributed by atoms with Crippen LogP contribution in [0.1, 0.15) is 59.0 Å². The maximum Gasteiger partial charge on any atom is 0.118 e. The standard InChI is InChI=1S/C17H30N2O/c1-13-7-6-10-19(14(13)2)12-16-9-8-15(20-16)11-18-17(3,4)5/h8-9,13-14,18H,6-7,10-12H2,1-5H3. The van der Waals surface area contributed by atoms with E-state index in [2.05, 4.69) is 57.0 Å². The van der Waals surface area contributed by atoms with Crippen molar-refractivity contribution in [3.8, 4) is 0 Å². The van der Waals surface area contributed by atoms with E-state index in [0.717, 1.165) is 30.5 Å². The third-order valence-corrected chi connectivity index (χ3v) is 4.37. The number of furan rings is 1. The third kappa shape index (κ3) is 4.35. The number of nitrogens with one attached hydrogen (secondary N) is 1. The van der Waals surface area contributed by atoms with E-state index >= 15 is 0 Å². The van der Waals surface area contributed by atoms with E-state index in [0.29, 0.717) is 6.04 Å². The molecule has 1 aromatic rings. The molecule has 1 fully saturated rings. The van der Waals surface area contributed by atoms with E-state index in [1.807, 2.05) is 0 Å². The molecule has 2 unspecified atom stereocenters. The molecule has 1 aliphatic rings. The van der Waals surface area contributed by atoms with E-state index in [4.69, 9.17) is 4.42 Å². The second-order valence-electron chi connectivity index (χ2n) is 7.30. The molecule has 1 aromatic heterocycles. The summed E-state index contributed by atoms with van der Waals surface area (Å²) in [5.41, 5.74) is 0.129. The van der Waals surface area contributed by atoms with E-state index < -0.39 is 0 Å². The van der Waals surface area contributed by atoms with Crippen molar-refractivity contribution in [3.05, 3.63) is 23.7 Å². The summed E-state index contributed by atoms with van der Waals surface area (Å²) in [6, 6.07) is 4.89. The summed E-state index contributed by atoms with van der Waals surface area (Å²) >= 11 is 0. The fourth-order valence-corrected chi connectivity index (χ4v) is 2.80. The molecule has 1 saturated heterocycles. The minimum absolute atomic E-state index is 0.129. The van der Waals surface area contributed by atoms with E-state index in [1.54, 1.807) is 0 Å². The first kappa shape index (κ1) is 15.6. The quantitative estimate of drug-likeness (QED) is 0.908. The highest BCUT2D eigenvalue weighted by atomic mass is 16.3. The lowest BCUT2D eigenvalue weighted by Gasteiger charge is -2.37. The van der Waals surface area contributed by atoms with Gasteiger partial charge in [-0.3, -0.25) is 4.90 Å². The number of likely N-dealkylation sites (tertiary alicyclic amines) is 1. The lowest BCUT2D eigenvalue weighted by Crippen LogP contribution is -2.41. The molecular formula is C17H30N2O. The Labute approximate surface area is 123 Å². The van der Waals surface area contributed by atoms with Gasteiger partial charge in [0, 0.05) is 11.6 Å². The number of rotatable bonds is 4. The first-order chi connectivity index (χ1) is 9.35. The van der Waals surface area contributed by atoms with Gasteiger partial charge < -0.3 is 9.73 Å². The van der Waals surface area contributed by atoms with Crippen molar-refractivity contribution >= 4 is 0 Å². The summed E-state index contributed by atoms with van der Waals surface area (Å²) in [5, 5.41) is 3.46. The molecule has 3 heteroatoms. The van der Waals surface area contributed by atoms with Gasteiger partial charge in [-0.25, -0.2) is 0 Å². The number of hydrogen-bond acceptors (Lipinski definition) is 3. The fourth-order valence-electron chi connectivity index (χ4n) is 2.80. The van der Waals surface area contributed by atoms with Crippen LogP contribution in [0.25, 0.3) is 0 Å². The zero-order valence-electron chi connectivity index (χ0n) is 13.7. The Morgan fingerprint density at radius 3 is 2.65 bits per heavy atom. The molecule has 1 aliphatic heterocycles. The third-order valence-electron chi connectivity index (χ3n) is 4.37. The first-order valence-electron chi connectivity index (χ1n) is 7.92. The highest BCUT2D eigenvalue weighted by Crippen LogP contribution is 2.25. The topological polar surface area (TPSA) is 28.4 Å². The van der Waals surface area contributed by atoms with Crippen LogP contribution in [0.5, 0.6) is 0 Å². The van der Waals surface area contributed by atoms with Gasteiger partial charge in [0.2, 0.25) is 0 Å². The Bertz CT molecular complexity index is 419. The Morgan fingerprint density at radius 2 is 1.95 bits per heavy atom. The molecule has 3 nitrogen and oxygen atoms in total. The largest absolute Gasteiger partial charge is 0.463 e. The van der Waals surface area contributed by atoms with Crippen molar-refractivity contribution in [1.29, 1.82) is 0 Å². The average Bonchev–Trinajstić information content (AvgIpc) is 2.80.